The number of aryl methyl sites for hydroxylation is 1. The van der Waals surface area contributed by atoms with Crippen molar-refractivity contribution in [2.24, 2.45) is 10.1 Å². The van der Waals surface area contributed by atoms with Gasteiger partial charge in [-0.05, 0) is 60.7 Å². The van der Waals surface area contributed by atoms with Gasteiger partial charge in [0.15, 0.2) is 10.2 Å². The number of aliphatic imine (C=N–C) groups is 1. The number of nitrogens with one attached hydrogen (secondary N) is 1. The highest BCUT2D eigenvalue weighted by molar-refractivity contribution is 8.45. The van der Waals surface area contributed by atoms with Gasteiger partial charge in [-0.2, -0.15) is 18.4 Å². The van der Waals surface area contributed by atoms with Crippen LogP contribution < -0.4 is 4.18 Å². The molecule has 0 unspecified atom stereocenters. The van der Waals surface area contributed by atoms with E-state index in [1.54, 1.807) is 12.1 Å². The normalized spacial score (nSPS) is 16.4. The first-order valence-electron chi connectivity index (χ1n) is 11.2. The maximum atomic E-state index is 12.9. The molecule has 1 N–H and O–H groups in total. The summed E-state index contributed by atoms with van der Waals surface area (Å²) in [5.41, 5.74) is 2.15. The third kappa shape index (κ3) is 5.70. The Kier molecular flexibility index (Phi) is 7.44. The summed E-state index contributed by atoms with van der Waals surface area (Å²) in [5, 5.41) is 15.0. The molecule has 5 rings (SSSR count). The second-order valence-corrected chi connectivity index (χ2v) is 12.4. The molecule has 0 bridgehead atoms. The van der Waals surface area contributed by atoms with Gasteiger partial charge in [-0.25, -0.2) is 0 Å². The van der Waals surface area contributed by atoms with E-state index in [0.717, 1.165) is 11.1 Å². The van der Waals surface area contributed by atoms with E-state index in [0.29, 0.717) is 15.2 Å². The first-order valence-corrected chi connectivity index (χ1v) is 14.8. The van der Waals surface area contributed by atoms with Gasteiger partial charge in [0.2, 0.25) is 5.17 Å². The smallest absolute Gasteiger partial charge is 0.339 e. The molecule has 12 heteroatoms. The molecule has 1 amide bonds. The Balaban J connectivity index is 1.41. The van der Waals surface area contributed by atoms with Crippen molar-refractivity contribution in [2.75, 3.05) is 0 Å². The number of rotatable bonds is 6. The van der Waals surface area contributed by atoms with Gasteiger partial charge in [0, 0.05) is 16.3 Å². The lowest BCUT2D eigenvalue weighted by molar-refractivity contribution is -0.114. The molecule has 0 fully saturated rings. The molecule has 0 atom stereocenters. The Morgan fingerprint density at radius 2 is 1.84 bits per heavy atom. The molecule has 38 heavy (non-hydrogen) atoms. The average molecular weight is 583 g/mol. The zero-order valence-corrected chi connectivity index (χ0v) is 23.0. The maximum absolute atomic E-state index is 12.9. The van der Waals surface area contributed by atoms with Gasteiger partial charge < -0.3 is 4.18 Å². The summed E-state index contributed by atoms with van der Waals surface area (Å²) in [6, 6.07) is 20.4. The quantitative estimate of drug-likeness (QED) is 0.283. The average Bonchev–Trinajstić information content (AvgIpc) is 3.30. The van der Waals surface area contributed by atoms with Crippen molar-refractivity contribution in [1.29, 1.82) is 5.41 Å². The summed E-state index contributed by atoms with van der Waals surface area (Å²) in [4.78, 5) is 17.0. The van der Waals surface area contributed by atoms with Crippen molar-refractivity contribution < 1.29 is 17.4 Å². The predicted octanol–water partition coefficient (Wildman–Crippen LogP) is 5.93. The minimum absolute atomic E-state index is 0.0173. The monoisotopic (exact) mass is 582 g/mol. The fourth-order valence-corrected chi connectivity index (χ4v) is 6.51. The summed E-state index contributed by atoms with van der Waals surface area (Å²) >= 11 is 8.86. The number of nitrogens with zero attached hydrogens (tertiary/aromatic N) is 3. The number of amidine groups is 2. The molecular formula is C26H19ClN4O4S3. The van der Waals surface area contributed by atoms with Crippen molar-refractivity contribution in [3.63, 3.8) is 0 Å². The van der Waals surface area contributed by atoms with Crippen LogP contribution in [0.15, 0.2) is 93.4 Å². The largest absolute Gasteiger partial charge is 0.378 e. The van der Waals surface area contributed by atoms with Crippen molar-refractivity contribution in [3.8, 4) is 5.75 Å². The molecule has 0 radical (unpaired) electrons. The third-order valence-electron chi connectivity index (χ3n) is 5.42. The van der Waals surface area contributed by atoms with E-state index in [4.69, 9.17) is 21.2 Å². The minimum atomic E-state index is -4.16. The molecular weight excluding hydrogens is 564 g/mol. The predicted molar refractivity (Wildman–Crippen MR) is 153 cm³/mol. The molecule has 0 aromatic heterocycles. The minimum Gasteiger partial charge on any atom is -0.378 e. The molecule has 3 aromatic rings. The van der Waals surface area contributed by atoms with Crippen molar-refractivity contribution in [1.82, 2.24) is 5.01 Å². The number of halogens is 1. The zero-order chi connectivity index (χ0) is 26.9. The summed E-state index contributed by atoms with van der Waals surface area (Å²) < 4.78 is 31.8. The zero-order valence-electron chi connectivity index (χ0n) is 19.8. The lowest BCUT2D eigenvalue weighted by atomic mass is 10.1. The van der Waals surface area contributed by atoms with Gasteiger partial charge in [-0.1, -0.05) is 71.4 Å². The molecule has 0 aliphatic carbocycles. The lowest BCUT2D eigenvalue weighted by Gasteiger charge is -2.20. The second-order valence-electron chi connectivity index (χ2n) is 8.19. The molecule has 2 aliphatic heterocycles. The molecule has 2 heterocycles. The second kappa shape index (κ2) is 10.8. The molecule has 0 saturated carbocycles. The highest BCUT2D eigenvalue weighted by Crippen LogP contribution is 2.35. The number of fused-ring (bicyclic) bond motifs is 1. The standard InChI is InChI=1S/C26H19ClN4O4S3/c1-16-7-10-20(11-8-16)38(33,34)35-22-12-9-19(27)13-18(22)14-21-23(28)31-25(29-24(21)32)37-26(30-31)36-15-17-5-3-2-4-6-17/h2-14,28H,15H2,1H3/b21-14-,28-23?. The number of hydrazone groups is 1. The van der Waals surface area contributed by atoms with Crippen LogP contribution in [0.2, 0.25) is 5.02 Å². The highest BCUT2D eigenvalue weighted by atomic mass is 35.5. The number of carbonyl (C=O) groups is 1. The van der Waals surface area contributed by atoms with Crippen LogP contribution in [0.5, 0.6) is 5.75 Å². The summed E-state index contributed by atoms with van der Waals surface area (Å²) in [6.45, 7) is 1.85. The van der Waals surface area contributed by atoms with Crippen LogP contribution in [0.3, 0.4) is 0 Å². The van der Waals surface area contributed by atoms with Crippen molar-refractivity contribution in [3.05, 3.63) is 100 Å². The number of benzene rings is 3. The first-order chi connectivity index (χ1) is 18.2. The Bertz CT molecular complexity index is 1640. The van der Waals surface area contributed by atoms with Gasteiger partial charge >= 0.3 is 10.1 Å². The fraction of sp³-hybridized carbons (Fsp3) is 0.0769. The third-order valence-corrected chi connectivity index (χ3v) is 9.02. The van der Waals surface area contributed by atoms with E-state index in [-0.39, 0.29) is 32.8 Å². The Morgan fingerprint density at radius 1 is 1.11 bits per heavy atom. The van der Waals surface area contributed by atoms with Crippen LogP contribution >= 0.6 is 35.1 Å². The van der Waals surface area contributed by atoms with E-state index in [2.05, 4.69) is 10.1 Å². The number of hydrogen-bond donors (Lipinski definition) is 1. The van der Waals surface area contributed by atoms with E-state index < -0.39 is 16.0 Å². The van der Waals surface area contributed by atoms with Crippen molar-refractivity contribution >= 4 is 72.6 Å². The maximum Gasteiger partial charge on any atom is 0.339 e. The molecule has 2 aliphatic rings. The molecule has 192 valence electrons. The Hall–Kier alpha value is -3.38. The summed E-state index contributed by atoms with van der Waals surface area (Å²) in [5.74, 6) is -0.201. The topological polar surface area (TPSA) is 112 Å². The van der Waals surface area contributed by atoms with Crippen LogP contribution in [-0.2, 0) is 20.7 Å². The van der Waals surface area contributed by atoms with Gasteiger partial charge in [0.05, 0.1) is 5.57 Å². The van der Waals surface area contributed by atoms with E-state index >= 15 is 0 Å². The van der Waals surface area contributed by atoms with E-state index in [1.165, 1.54) is 64.9 Å². The van der Waals surface area contributed by atoms with Crippen LogP contribution in [0.25, 0.3) is 6.08 Å². The molecule has 3 aromatic carbocycles. The summed E-state index contributed by atoms with van der Waals surface area (Å²) in [6.07, 6.45) is 1.34. The van der Waals surface area contributed by atoms with Crippen LogP contribution in [0, 0.1) is 12.3 Å². The van der Waals surface area contributed by atoms with Gasteiger partial charge in [-0.3, -0.25) is 10.2 Å². The van der Waals surface area contributed by atoms with Crippen LogP contribution in [-0.4, -0.2) is 34.7 Å². The summed E-state index contributed by atoms with van der Waals surface area (Å²) in [7, 11) is -4.16. The van der Waals surface area contributed by atoms with E-state index in [1.807, 2.05) is 37.3 Å². The number of hydrogen-bond acceptors (Lipinski definition) is 8. The highest BCUT2D eigenvalue weighted by Gasteiger charge is 2.36. The SMILES string of the molecule is Cc1ccc(S(=O)(=O)Oc2ccc(Cl)cc2/C=C2/C(=N)N3N=C(SCc4ccccc4)SC3=NC2=O)cc1. The first kappa shape index (κ1) is 26.2. The van der Waals surface area contributed by atoms with Crippen LogP contribution in [0.1, 0.15) is 16.7 Å². The van der Waals surface area contributed by atoms with Crippen LogP contribution in [0.4, 0.5) is 0 Å². The lowest BCUT2D eigenvalue weighted by Crippen LogP contribution is -2.35. The Labute approximate surface area is 233 Å². The van der Waals surface area contributed by atoms with E-state index in [9.17, 15) is 13.2 Å². The number of thioether (sulfide) groups is 2. The van der Waals surface area contributed by atoms with Crippen molar-refractivity contribution in [2.45, 2.75) is 17.6 Å². The number of carbonyl (C=O) groups excluding carboxylic acids is 1. The van der Waals surface area contributed by atoms with Gasteiger partial charge in [0.25, 0.3) is 5.91 Å². The molecule has 0 spiro atoms. The van der Waals surface area contributed by atoms with Gasteiger partial charge in [0.1, 0.15) is 10.6 Å². The number of amides is 1. The fourth-order valence-electron chi connectivity index (χ4n) is 3.49. The molecule has 0 saturated heterocycles. The molecule has 8 nitrogen and oxygen atoms in total. The Morgan fingerprint density at radius 3 is 2.58 bits per heavy atom. The van der Waals surface area contributed by atoms with Gasteiger partial charge in [-0.15, -0.1) is 5.10 Å².